The highest BCUT2D eigenvalue weighted by molar-refractivity contribution is 5.66. The third-order valence-corrected chi connectivity index (χ3v) is 3.66. The molecule has 1 unspecified atom stereocenters. The molecule has 0 bridgehead atoms. The summed E-state index contributed by atoms with van der Waals surface area (Å²) in [5, 5.41) is 0. The van der Waals surface area contributed by atoms with Gasteiger partial charge in [0, 0.05) is 6.92 Å². The van der Waals surface area contributed by atoms with Gasteiger partial charge in [-0.1, -0.05) is 60.2 Å². The van der Waals surface area contributed by atoms with Crippen LogP contribution in [0.15, 0.2) is 66.3 Å². The predicted molar refractivity (Wildman–Crippen MR) is 86.0 cm³/mol. The van der Waals surface area contributed by atoms with Crippen LogP contribution in [-0.2, 0) is 9.53 Å². The molecule has 0 fully saturated rings. The van der Waals surface area contributed by atoms with Crippen molar-refractivity contribution in [2.75, 3.05) is 6.61 Å². The van der Waals surface area contributed by atoms with Crippen molar-refractivity contribution >= 4 is 5.97 Å². The molecule has 1 aromatic carbocycles. The molecule has 0 N–H and O–H groups in total. The second-order valence-corrected chi connectivity index (χ2v) is 5.25. The fourth-order valence-corrected chi connectivity index (χ4v) is 2.51. The minimum absolute atomic E-state index is 0.245. The van der Waals surface area contributed by atoms with Crippen molar-refractivity contribution < 1.29 is 9.53 Å². The number of ether oxygens (including phenoxy) is 1. The van der Waals surface area contributed by atoms with E-state index in [-0.39, 0.29) is 5.97 Å². The summed E-state index contributed by atoms with van der Waals surface area (Å²) in [6.07, 6.45) is 13.7. The third-order valence-electron chi connectivity index (χ3n) is 3.66. The largest absolute Gasteiger partial charge is 0.462 e. The zero-order chi connectivity index (χ0) is 14.9. The highest BCUT2D eigenvalue weighted by Crippen LogP contribution is 2.32. The molecule has 0 aromatic heterocycles. The molecule has 0 saturated heterocycles. The Morgan fingerprint density at radius 3 is 2.76 bits per heavy atom. The molecule has 2 heteroatoms. The number of allylic oxidation sites excluding steroid dienone is 5. The molecule has 0 spiro atoms. The van der Waals surface area contributed by atoms with Gasteiger partial charge in [-0.3, -0.25) is 4.79 Å². The van der Waals surface area contributed by atoms with Crippen LogP contribution in [-0.4, -0.2) is 12.6 Å². The predicted octanol–water partition coefficient (Wildman–Crippen LogP) is 4.56. The third kappa shape index (κ3) is 5.42. The molecule has 0 saturated carbocycles. The molecule has 1 aromatic rings. The first-order chi connectivity index (χ1) is 10.3. The molecule has 2 nitrogen and oxygen atoms in total. The van der Waals surface area contributed by atoms with Crippen molar-refractivity contribution in [1.82, 2.24) is 0 Å². The van der Waals surface area contributed by atoms with Gasteiger partial charge in [0.1, 0.15) is 6.61 Å². The van der Waals surface area contributed by atoms with E-state index in [9.17, 15) is 4.79 Å². The zero-order valence-corrected chi connectivity index (χ0v) is 12.5. The molecular formula is C19H22O2. The Morgan fingerprint density at radius 1 is 1.29 bits per heavy atom. The van der Waals surface area contributed by atoms with Gasteiger partial charge >= 0.3 is 5.97 Å². The van der Waals surface area contributed by atoms with Gasteiger partial charge in [0.05, 0.1) is 0 Å². The number of carbonyl (C=O) groups is 1. The van der Waals surface area contributed by atoms with E-state index in [0.717, 1.165) is 12.8 Å². The minimum Gasteiger partial charge on any atom is -0.462 e. The zero-order valence-electron chi connectivity index (χ0n) is 12.5. The number of rotatable bonds is 5. The van der Waals surface area contributed by atoms with Crippen LogP contribution in [0.5, 0.6) is 0 Å². The van der Waals surface area contributed by atoms with Gasteiger partial charge in [0.25, 0.3) is 0 Å². The monoisotopic (exact) mass is 282 g/mol. The van der Waals surface area contributed by atoms with Crippen molar-refractivity contribution in [3.63, 3.8) is 0 Å². The Bertz CT molecular complexity index is 538. The summed E-state index contributed by atoms with van der Waals surface area (Å²) in [6, 6.07) is 10.7. The van der Waals surface area contributed by atoms with Crippen molar-refractivity contribution in [2.45, 2.75) is 32.1 Å². The molecule has 0 amide bonds. The fraction of sp³-hybridized carbons (Fsp3) is 0.316. The van der Waals surface area contributed by atoms with Crippen molar-refractivity contribution in [1.29, 1.82) is 0 Å². The van der Waals surface area contributed by atoms with Gasteiger partial charge < -0.3 is 4.74 Å². The van der Waals surface area contributed by atoms with Crippen molar-refractivity contribution in [3.05, 3.63) is 71.8 Å². The lowest BCUT2D eigenvalue weighted by Gasteiger charge is -2.20. The number of esters is 1. The first-order valence-corrected chi connectivity index (χ1v) is 7.46. The topological polar surface area (TPSA) is 26.3 Å². The molecule has 21 heavy (non-hydrogen) atoms. The summed E-state index contributed by atoms with van der Waals surface area (Å²) < 4.78 is 4.82. The number of hydrogen-bond acceptors (Lipinski definition) is 2. The standard InChI is InChI=1S/C19H22O2/c1-16(20)21-15-7-3-4-8-17-11-13-19(14-12-17)18-9-5-2-6-10-18/h2-11,19H,12-15H2,1H3/b7-3+,8-4+. The highest BCUT2D eigenvalue weighted by Gasteiger charge is 2.14. The average molecular weight is 282 g/mol. The van der Waals surface area contributed by atoms with E-state index in [4.69, 9.17) is 4.74 Å². The lowest BCUT2D eigenvalue weighted by Crippen LogP contribution is -2.03. The number of carbonyl (C=O) groups excluding carboxylic acids is 1. The van der Waals surface area contributed by atoms with Crippen LogP contribution >= 0.6 is 0 Å². The van der Waals surface area contributed by atoms with Crippen LogP contribution in [0.2, 0.25) is 0 Å². The SMILES string of the molecule is CC(=O)OC/C=C/C=C/C1=CCC(c2ccccc2)CC1. The number of hydrogen-bond donors (Lipinski definition) is 0. The van der Waals surface area contributed by atoms with Gasteiger partial charge in [-0.25, -0.2) is 0 Å². The van der Waals surface area contributed by atoms with E-state index in [1.807, 2.05) is 18.2 Å². The highest BCUT2D eigenvalue weighted by atomic mass is 16.5. The van der Waals surface area contributed by atoms with Crippen LogP contribution in [0.3, 0.4) is 0 Å². The van der Waals surface area contributed by atoms with Crippen molar-refractivity contribution in [2.24, 2.45) is 0 Å². The molecule has 1 aliphatic carbocycles. The smallest absolute Gasteiger partial charge is 0.302 e. The fourth-order valence-electron chi connectivity index (χ4n) is 2.51. The molecule has 110 valence electrons. The molecule has 0 aliphatic heterocycles. The Balaban J connectivity index is 1.79. The second-order valence-electron chi connectivity index (χ2n) is 5.25. The lowest BCUT2D eigenvalue weighted by molar-refractivity contribution is -0.139. The molecule has 0 radical (unpaired) electrons. The maximum atomic E-state index is 10.6. The quantitative estimate of drug-likeness (QED) is 0.584. The minimum atomic E-state index is -0.245. The van der Waals surface area contributed by atoms with Crippen LogP contribution in [0.4, 0.5) is 0 Å². The normalized spacial score (nSPS) is 18.9. The second kappa shape index (κ2) is 8.25. The Labute approximate surface area is 126 Å². The first kappa shape index (κ1) is 15.3. The summed E-state index contributed by atoms with van der Waals surface area (Å²) in [5.74, 6) is 0.411. The molecule has 1 aliphatic rings. The maximum Gasteiger partial charge on any atom is 0.302 e. The lowest BCUT2D eigenvalue weighted by atomic mass is 9.84. The summed E-state index contributed by atoms with van der Waals surface area (Å²) in [4.78, 5) is 10.6. The molecule has 0 heterocycles. The molecular weight excluding hydrogens is 260 g/mol. The summed E-state index contributed by atoms with van der Waals surface area (Å²) >= 11 is 0. The van der Waals surface area contributed by atoms with E-state index < -0.39 is 0 Å². The first-order valence-electron chi connectivity index (χ1n) is 7.46. The van der Waals surface area contributed by atoms with Gasteiger partial charge in [0.15, 0.2) is 0 Å². The maximum absolute atomic E-state index is 10.6. The molecule has 1 atom stereocenters. The summed E-state index contributed by atoms with van der Waals surface area (Å²) in [5.41, 5.74) is 2.83. The van der Waals surface area contributed by atoms with Crippen LogP contribution < -0.4 is 0 Å². The van der Waals surface area contributed by atoms with E-state index in [2.05, 4.69) is 42.5 Å². The van der Waals surface area contributed by atoms with Crippen LogP contribution in [0.1, 0.15) is 37.7 Å². The van der Waals surface area contributed by atoms with Gasteiger partial charge in [-0.15, -0.1) is 0 Å². The van der Waals surface area contributed by atoms with Crippen LogP contribution in [0.25, 0.3) is 0 Å². The average Bonchev–Trinajstić information content (AvgIpc) is 2.52. The van der Waals surface area contributed by atoms with E-state index in [0.29, 0.717) is 12.5 Å². The van der Waals surface area contributed by atoms with E-state index >= 15 is 0 Å². The van der Waals surface area contributed by atoms with Gasteiger partial charge in [-0.05, 0) is 36.8 Å². The Morgan fingerprint density at radius 2 is 2.10 bits per heavy atom. The molecule has 2 rings (SSSR count). The Hall–Kier alpha value is -2.09. The van der Waals surface area contributed by atoms with Crippen molar-refractivity contribution in [3.8, 4) is 0 Å². The number of benzene rings is 1. The van der Waals surface area contributed by atoms with Gasteiger partial charge in [-0.2, -0.15) is 0 Å². The van der Waals surface area contributed by atoms with E-state index in [1.165, 1.54) is 24.5 Å². The Kier molecular flexibility index (Phi) is 6.01. The van der Waals surface area contributed by atoms with Gasteiger partial charge in [0.2, 0.25) is 0 Å². The van der Waals surface area contributed by atoms with Crippen LogP contribution in [0, 0.1) is 0 Å². The summed E-state index contributed by atoms with van der Waals surface area (Å²) in [7, 11) is 0. The van der Waals surface area contributed by atoms with E-state index in [1.54, 1.807) is 0 Å². The summed E-state index contributed by atoms with van der Waals surface area (Å²) in [6.45, 7) is 1.76.